The van der Waals surface area contributed by atoms with Crippen LogP contribution in [0.15, 0.2) is 6.20 Å². The molecule has 6 heteroatoms. The number of nitrogens with zero attached hydrogens (tertiary/aromatic N) is 4. The first-order valence-electron chi connectivity index (χ1n) is 8.67. The highest BCUT2D eigenvalue weighted by molar-refractivity contribution is 5.48. The molecular weight excluding hydrogens is 290 g/mol. The van der Waals surface area contributed by atoms with Crippen LogP contribution in [-0.2, 0) is 4.74 Å². The normalized spacial score (nSPS) is 21.3. The minimum absolute atomic E-state index is 0.107. The summed E-state index contributed by atoms with van der Waals surface area (Å²) >= 11 is 0. The molecule has 1 aromatic rings. The highest BCUT2D eigenvalue weighted by Gasteiger charge is 2.36. The van der Waals surface area contributed by atoms with Crippen molar-refractivity contribution in [2.24, 2.45) is 0 Å². The molecule has 1 aromatic heterocycles. The van der Waals surface area contributed by atoms with E-state index in [0.29, 0.717) is 0 Å². The Morgan fingerprint density at radius 2 is 1.96 bits per heavy atom. The zero-order valence-electron chi connectivity index (χ0n) is 14.6. The number of anilines is 2. The van der Waals surface area contributed by atoms with Gasteiger partial charge in [-0.05, 0) is 19.8 Å². The van der Waals surface area contributed by atoms with Crippen molar-refractivity contribution in [2.75, 3.05) is 57.2 Å². The van der Waals surface area contributed by atoms with Crippen LogP contribution in [0.2, 0.25) is 0 Å². The van der Waals surface area contributed by atoms with E-state index in [-0.39, 0.29) is 5.54 Å². The summed E-state index contributed by atoms with van der Waals surface area (Å²) in [6.45, 7) is 6.87. The lowest BCUT2D eigenvalue weighted by Gasteiger charge is -2.38. The number of hydrogen-bond donors (Lipinski definition) is 1. The van der Waals surface area contributed by atoms with Gasteiger partial charge in [-0.2, -0.15) is 4.98 Å². The molecule has 1 saturated carbocycles. The second-order valence-corrected chi connectivity index (χ2v) is 7.10. The van der Waals surface area contributed by atoms with Crippen LogP contribution in [-0.4, -0.2) is 67.4 Å². The molecule has 0 unspecified atom stereocenters. The quantitative estimate of drug-likeness (QED) is 0.895. The van der Waals surface area contributed by atoms with Gasteiger partial charge in [-0.1, -0.05) is 12.8 Å². The fourth-order valence-corrected chi connectivity index (χ4v) is 3.74. The summed E-state index contributed by atoms with van der Waals surface area (Å²) in [5.41, 5.74) is 1.21. The highest BCUT2D eigenvalue weighted by atomic mass is 16.5. The molecule has 128 valence electrons. The molecule has 6 nitrogen and oxygen atoms in total. The first-order valence-corrected chi connectivity index (χ1v) is 8.67. The molecule has 1 saturated heterocycles. The van der Waals surface area contributed by atoms with E-state index in [1.807, 2.05) is 25.2 Å². The third-order valence-corrected chi connectivity index (χ3v) is 4.94. The summed E-state index contributed by atoms with van der Waals surface area (Å²) in [6, 6.07) is 0. The third-order valence-electron chi connectivity index (χ3n) is 4.94. The number of rotatable bonds is 5. The molecule has 1 N–H and O–H groups in total. The van der Waals surface area contributed by atoms with Gasteiger partial charge in [0.1, 0.15) is 5.82 Å². The van der Waals surface area contributed by atoms with Gasteiger partial charge in [0.15, 0.2) is 0 Å². The van der Waals surface area contributed by atoms with Crippen LogP contribution in [0.1, 0.15) is 31.2 Å². The molecule has 1 aliphatic heterocycles. The van der Waals surface area contributed by atoms with E-state index in [1.54, 1.807) is 0 Å². The van der Waals surface area contributed by atoms with Gasteiger partial charge in [-0.3, -0.25) is 4.90 Å². The van der Waals surface area contributed by atoms with Gasteiger partial charge in [0.05, 0.1) is 18.8 Å². The fraction of sp³-hybridized carbons (Fsp3) is 0.765. The first kappa shape index (κ1) is 16.5. The Morgan fingerprint density at radius 1 is 1.26 bits per heavy atom. The standard InChI is InChI=1S/C17H29N5O/c1-14-12-18-16(19-15(14)21(2)3)20-17(6-4-5-7-17)13-22-8-10-23-11-9-22/h12H,4-11,13H2,1-3H3,(H,18,19,20). The summed E-state index contributed by atoms with van der Waals surface area (Å²) in [7, 11) is 4.05. The largest absolute Gasteiger partial charge is 0.379 e. The van der Waals surface area contributed by atoms with Crippen molar-refractivity contribution in [2.45, 2.75) is 38.1 Å². The highest BCUT2D eigenvalue weighted by Crippen LogP contribution is 2.33. The molecule has 0 bridgehead atoms. The summed E-state index contributed by atoms with van der Waals surface area (Å²) in [4.78, 5) is 13.8. The Kier molecular flexibility index (Phi) is 5.02. The van der Waals surface area contributed by atoms with Gasteiger partial charge in [-0.15, -0.1) is 0 Å². The van der Waals surface area contributed by atoms with Gasteiger partial charge in [0, 0.05) is 45.5 Å². The maximum absolute atomic E-state index is 5.48. The fourth-order valence-electron chi connectivity index (χ4n) is 3.74. The zero-order chi connectivity index (χ0) is 16.3. The van der Waals surface area contributed by atoms with Crippen molar-refractivity contribution >= 4 is 11.8 Å². The molecule has 0 atom stereocenters. The van der Waals surface area contributed by atoms with Crippen molar-refractivity contribution in [3.63, 3.8) is 0 Å². The van der Waals surface area contributed by atoms with E-state index in [2.05, 4.69) is 22.1 Å². The maximum Gasteiger partial charge on any atom is 0.225 e. The lowest BCUT2D eigenvalue weighted by atomic mass is 9.96. The number of ether oxygens (including phenoxy) is 1. The second-order valence-electron chi connectivity index (χ2n) is 7.10. The van der Waals surface area contributed by atoms with E-state index in [1.165, 1.54) is 25.7 Å². The molecular formula is C17H29N5O. The molecule has 2 heterocycles. The topological polar surface area (TPSA) is 53.5 Å². The Hall–Kier alpha value is -1.40. The number of aryl methyl sites for hydroxylation is 1. The van der Waals surface area contributed by atoms with Crippen LogP contribution in [0.25, 0.3) is 0 Å². The zero-order valence-corrected chi connectivity index (χ0v) is 14.6. The van der Waals surface area contributed by atoms with E-state index in [0.717, 1.165) is 50.2 Å². The molecule has 3 rings (SSSR count). The summed E-state index contributed by atoms with van der Waals surface area (Å²) in [5, 5.41) is 3.69. The van der Waals surface area contributed by atoms with Crippen LogP contribution in [0.5, 0.6) is 0 Å². The SMILES string of the molecule is Cc1cnc(NC2(CN3CCOCC3)CCCC2)nc1N(C)C. The van der Waals surface area contributed by atoms with Gasteiger partial charge < -0.3 is 15.0 Å². The summed E-state index contributed by atoms with van der Waals surface area (Å²) in [6.07, 6.45) is 6.87. The molecule has 0 spiro atoms. The number of hydrogen-bond acceptors (Lipinski definition) is 6. The monoisotopic (exact) mass is 319 g/mol. The molecule has 2 aliphatic rings. The van der Waals surface area contributed by atoms with Crippen molar-refractivity contribution in [3.8, 4) is 0 Å². The Labute approximate surface area is 139 Å². The van der Waals surface area contributed by atoms with Gasteiger partial charge in [0.2, 0.25) is 5.95 Å². The minimum atomic E-state index is 0.107. The van der Waals surface area contributed by atoms with E-state index >= 15 is 0 Å². The van der Waals surface area contributed by atoms with Crippen molar-refractivity contribution in [1.82, 2.24) is 14.9 Å². The molecule has 1 aliphatic carbocycles. The van der Waals surface area contributed by atoms with Crippen molar-refractivity contribution < 1.29 is 4.74 Å². The smallest absolute Gasteiger partial charge is 0.225 e. The van der Waals surface area contributed by atoms with E-state index in [9.17, 15) is 0 Å². The minimum Gasteiger partial charge on any atom is -0.379 e. The Balaban J connectivity index is 1.75. The van der Waals surface area contributed by atoms with Crippen molar-refractivity contribution in [3.05, 3.63) is 11.8 Å². The Bertz CT molecular complexity index is 522. The van der Waals surface area contributed by atoms with Crippen molar-refractivity contribution in [1.29, 1.82) is 0 Å². The predicted octanol–water partition coefficient (Wildman–Crippen LogP) is 1.91. The molecule has 23 heavy (non-hydrogen) atoms. The van der Waals surface area contributed by atoms with Gasteiger partial charge in [0.25, 0.3) is 0 Å². The average molecular weight is 319 g/mol. The number of nitrogens with one attached hydrogen (secondary N) is 1. The first-order chi connectivity index (χ1) is 11.1. The van der Waals surface area contributed by atoms with Crippen LogP contribution >= 0.6 is 0 Å². The third kappa shape index (κ3) is 3.93. The molecule has 0 amide bonds. The second kappa shape index (κ2) is 7.01. The molecule has 0 aromatic carbocycles. The van der Waals surface area contributed by atoms with E-state index in [4.69, 9.17) is 9.72 Å². The van der Waals surface area contributed by atoms with Gasteiger partial charge >= 0.3 is 0 Å². The molecule has 0 radical (unpaired) electrons. The summed E-state index contributed by atoms with van der Waals surface area (Å²) in [5.74, 6) is 1.75. The lowest BCUT2D eigenvalue weighted by Crippen LogP contribution is -2.50. The number of morpholine rings is 1. The maximum atomic E-state index is 5.48. The average Bonchev–Trinajstić information content (AvgIpc) is 2.98. The number of aromatic nitrogens is 2. The lowest BCUT2D eigenvalue weighted by molar-refractivity contribution is 0.0296. The molecule has 2 fully saturated rings. The van der Waals surface area contributed by atoms with Crippen LogP contribution in [0.3, 0.4) is 0 Å². The van der Waals surface area contributed by atoms with Crippen LogP contribution < -0.4 is 10.2 Å². The Morgan fingerprint density at radius 3 is 2.61 bits per heavy atom. The van der Waals surface area contributed by atoms with Crippen LogP contribution in [0.4, 0.5) is 11.8 Å². The van der Waals surface area contributed by atoms with E-state index < -0.39 is 0 Å². The van der Waals surface area contributed by atoms with Crippen LogP contribution in [0, 0.1) is 6.92 Å². The predicted molar refractivity (Wildman–Crippen MR) is 93.2 cm³/mol. The summed E-state index contributed by atoms with van der Waals surface area (Å²) < 4.78 is 5.48. The van der Waals surface area contributed by atoms with Gasteiger partial charge in [-0.25, -0.2) is 4.98 Å².